The van der Waals surface area contributed by atoms with Crippen LogP contribution in [0.2, 0.25) is 0 Å². The van der Waals surface area contributed by atoms with Crippen molar-refractivity contribution in [3.63, 3.8) is 0 Å². The molecule has 1 atom stereocenters. The van der Waals surface area contributed by atoms with Crippen LogP contribution in [0.5, 0.6) is 5.75 Å². The van der Waals surface area contributed by atoms with Crippen LogP contribution in [0.1, 0.15) is 17.3 Å². The Morgan fingerprint density at radius 3 is 2.63 bits per heavy atom. The Morgan fingerprint density at radius 2 is 1.85 bits per heavy atom. The monoisotopic (exact) mass is 425 g/mol. The number of urea groups is 1. The molecule has 2 aromatic carbocycles. The topological polar surface area (TPSA) is 46.5 Å². The highest BCUT2D eigenvalue weighted by Gasteiger charge is 2.32. The minimum absolute atomic E-state index is 0.139. The van der Waals surface area contributed by atoms with Crippen molar-refractivity contribution in [2.45, 2.75) is 12.6 Å². The van der Waals surface area contributed by atoms with Crippen LogP contribution in [0, 0.1) is 0 Å². The zero-order chi connectivity index (χ0) is 18.8. The number of para-hydroxylation sites is 2. The van der Waals surface area contributed by atoms with Gasteiger partial charge in [-0.3, -0.25) is 0 Å². The molecule has 138 valence electrons. The summed E-state index contributed by atoms with van der Waals surface area (Å²) in [5.74, 6) is 0.645. The number of rotatable bonds is 3. The first-order valence-corrected chi connectivity index (χ1v) is 9.58. The second-order valence-corrected chi connectivity index (χ2v) is 7.32. The third-order valence-electron chi connectivity index (χ3n) is 4.83. The summed E-state index contributed by atoms with van der Waals surface area (Å²) in [6.07, 6.45) is 2.07. The molecule has 0 fully saturated rings. The van der Waals surface area contributed by atoms with Crippen molar-refractivity contribution in [3.8, 4) is 5.75 Å². The zero-order valence-corrected chi connectivity index (χ0v) is 16.5. The van der Waals surface area contributed by atoms with E-state index in [2.05, 4.69) is 50.2 Å². The molecule has 0 bridgehead atoms. The van der Waals surface area contributed by atoms with E-state index in [9.17, 15) is 4.79 Å². The van der Waals surface area contributed by atoms with Gasteiger partial charge in [-0.15, -0.1) is 0 Å². The van der Waals surface area contributed by atoms with E-state index in [4.69, 9.17) is 4.74 Å². The highest BCUT2D eigenvalue weighted by molar-refractivity contribution is 9.10. The summed E-state index contributed by atoms with van der Waals surface area (Å²) < 4.78 is 8.58. The number of benzene rings is 2. The predicted octanol–water partition coefficient (Wildman–Crippen LogP) is 4.90. The predicted molar refractivity (Wildman–Crippen MR) is 109 cm³/mol. The number of methoxy groups -OCH3 is 1. The van der Waals surface area contributed by atoms with Crippen molar-refractivity contribution in [1.29, 1.82) is 0 Å². The van der Waals surface area contributed by atoms with E-state index in [0.29, 0.717) is 18.0 Å². The van der Waals surface area contributed by atoms with E-state index in [0.717, 1.165) is 22.3 Å². The first-order chi connectivity index (χ1) is 13.2. The van der Waals surface area contributed by atoms with Gasteiger partial charge in [0.05, 0.1) is 18.8 Å². The van der Waals surface area contributed by atoms with Crippen molar-refractivity contribution < 1.29 is 9.53 Å². The summed E-state index contributed by atoms with van der Waals surface area (Å²) in [6.45, 7) is 1.40. The molecule has 6 heteroatoms. The summed E-state index contributed by atoms with van der Waals surface area (Å²) >= 11 is 3.49. The van der Waals surface area contributed by atoms with Gasteiger partial charge in [0, 0.05) is 29.5 Å². The Hall–Kier alpha value is -2.73. The number of nitrogens with one attached hydrogen (secondary N) is 1. The van der Waals surface area contributed by atoms with Gasteiger partial charge in [-0.2, -0.15) is 0 Å². The molecule has 1 aliphatic rings. The molecule has 0 aliphatic carbocycles. The fraction of sp³-hybridized carbons (Fsp3) is 0.190. The summed E-state index contributed by atoms with van der Waals surface area (Å²) in [5.41, 5.74) is 2.85. The largest absolute Gasteiger partial charge is 0.495 e. The molecular weight excluding hydrogens is 406 g/mol. The van der Waals surface area contributed by atoms with Crippen LogP contribution < -0.4 is 10.1 Å². The summed E-state index contributed by atoms with van der Waals surface area (Å²) in [5, 5.41) is 3.01. The minimum Gasteiger partial charge on any atom is -0.495 e. The standard InChI is InChI=1S/C21H20BrN3O2/c1-27-19-7-3-2-5-17(19)23-21(26)25-14-13-24-12-4-6-18(24)20(25)15-8-10-16(22)11-9-15/h2-12,20H,13-14H2,1H3,(H,23,26). The van der Waals surface area contributed by atoms with Gasteiger partial charge in [-0.1, -0.05) is 40.2 Å². The smallest absolute Gasteiger partial charge is 0.322 e. The van der Waals surface area contributed by atoms with E-state index in [1.54, 1.807) is 7.11 Å². The minimum atomic E-state index is -0.142. The maximum absolute atomic E-state index is 13.2. The Kier molecular flexibility index (Phi) is 4.90. The highest BCUT2D eigenvalue weighted by Crippen LogP contribution is 2.34. The molecular formula is C21H20BrN3O2. The van der Waals surface area contributed by atoms with Gasteiger partial charge in [-0.05, 0) is 42.0 Å². The Bertz CT molecular complexity index is 952. The summed E-state index contributed by atoms with van der Waals surface area (Å²) in [4.78, 5) is 15.0. The number of amides is 2. The lowest BCUT2D eigenvalue weighted by molar-refractivity contribution is 0.181. The molecule has 0 spiro atoms. The van der Waals surface area contributed by atoms with Crippen molar-refractivity contribution in [1.82, 2.24) is 9.47 Å². The number of carbonyl (C=O) groups excluding carboxylic acids is 1. The fourth-order valence-electron chi connectivity index (χ4n) is 3.53. The van der Waals surface area contributed by atoms with Crippen LogP contribution in [0.15, 0.2) is 71.3 Å². The first kappa shape index (κ1) is 17.7. The normalized spacial score (nSPS) is 15.9. The lowest BCUT2D eigenvalue weighted by atomic mass is 10.0. The molecule has 4 rings (SSSR count). The Morgan fingerprint density at radius 1 is 1.07 bits per heavy atom. The van der Waals surface area contributed by atoms with Crippen LogP contribution in [0.25, 0.3) is 0 Å². The van der Waals surface area contributed by atoms with Crippen LogP contribution in [0.3, 0.4) is 0 Å². The van der Waals surface area contributed by atoms with E-state index < -0.39 is 0 Å². The molecule has 27 heavy (non-hydrogen) atoms. The lowest BCUT2D eigenvalue weighted by Gasteiger charge is -2.37. The van der Waals surface area contributed by atoms with Crippen LogP contribution in [0.4, 0.5) is 10.5 Å². The SMILES string of the molecule is COc1ccccc1NC(=O)N1CCn2cccc2C1c1ccc(Br)cc1. The average molecular weight is 426 g/mol. The number of hydrogen-bond donors (Lipinski definition) is 1. The van der Waals surface area contributed by atoms with Gasteiger partial charge in [0.2, 0.25) is 0 Å². The molecule has 1 aromatic heterocycles. The molecule has 0 saturated carbocycles. The molecule has 5 nitrogen and oxygen atoms in total. The molecule has 2 heterocycles. The van der Waals surface area contributed by atoms with Gasteiger partial charge >= 0.3 is 6.03 Å². The number of aromatic nitrogens is 1. The van der Waals surface area contributed by atoms with E-state index in [-0.39, 0.29) is 12.1 Å². The van der Waals surface area contributed by atoms with Crippen LogP contribution in [-0.2, 0) is 6.54 Å². The third-order valence-corrected chi connectivity index (χ3v) is 5.36. The summed E-state index contributed by atoms with van der Waals surface area (Å²) in [7, 11) is 1.60. The second kappa shape index (κ2) is 7.48. The summed E-state index contributed by atoms with van der Waals surface area (Å²) in [6, 6.07) is 19.4. The Balaban J connectivity index is 1.68. The van der Waals surface area contributed by atoms with Crippen molar-refractivity contribution in [2.75, 3.05) is 19.0 Å². The van der Waals surface area contributed by atoms with Gasteiger partial charge in [0.25, 0.3) is 0 Å². The molecule has 1 aliphatic heterocycles. The molecule has 2 amide bonds. The average Bonchev–Trinajstić information content (AvgIpc) is 3.17. The van der Waals surface area contributed by atoms with Crippen molar-refractivity contribution in [2.24, 2.45) is 0 Å². The van der Waals surface area contributed by atoms with Crippen LogP contribution >= 0.6 is 15.9 Å². The Labute approximate surface area is 166 Å². The lowest BCUT2D eigenvalue weighted by Crippen LogP contribution is -2.44. The van der Waals surface area contributed by atoms with Crippen LogP contribution in [-0.4, -0.2) is 29.2 Å². The number of hydrogen-bond acceptors (Lipinski definition) is 2. The molecule has 3 aromatic rings. The fourth-order valence-corrected chi connectivity index (χ4v) is 3.80. The number of carbonyl (C=O) groups is 1. The molecule has 1 unspecified atom stereocenters. The number of fused-ring (bicyclic) bond motifs is 1. The van der Waals surface area contributed by atoms with E-state index >= 15 is 0 Å². The van der Waals surface area contributed by atoms with Crippen molar-refractivity contribution in [3.05, 3.63) is 82.6 Å². The number of ether oxygens (including phenoxy) is 1. The van der Waals surface area contributed by atoms with Gasteiger partial charge in [-0.25, -0.2) is 4.79 Å². The zero-order valence-electron chi connectivity index (χ0n) is 14.9. The number of anilines is 1. The second-order valence-electron chi connectivity index (χ2n) is 6.40. The van der Waals surface area contributed by atoms with Gasteiger partial charge in [0.15, 0.2) is 0 Å². The maximum Gasteiger partial charge on any atom is 0.322 e. The molecule has 1 N–H and O–H groups in total. The van der Waals surface area contributed by atoms with Crippen molar-refractivity contribution >= 4 is 27.6 Å². The number of halogens is 1. The highest BCUT2D eigenvalue weighted by atomic mass is 79.9. The van der Waals surface area contributed by atoms with E-state index in [1.807, 2.05) is 47.4 Å². The van der Waals surface area contributed by atoms with Gasteiger partial charge in [0.1, 0.15) is 5.75 Å². The third kappa shape index (κ3) is 3.45. The van der Waals surface area contributed by atoms with E-state index in [1.165, 1.54) is 0 Å². The number of nitrogens with zero attached hydrogens (tertiary/aromatic N) is 2. The maximum atomic E-state index is 13.2. The van der Waals surface area contributed by atoms with Gasteiger partial charge < -0.3 is 19.5 Å². The molecule has 0 saturated heterocycles. The quantitative estimate of drug-likeness (QED) is 0.648. The molecule has 0 radical (unpaired) electrons. The first-order valence-electron chi connectivity index (χ1n) is 8.78.